The van der Waals surface area contributed by atoms with Crippen LogP contribution in [0.3, 0.4) is 0 Å². The zero-order valence-corrected chi connectivity index (χ0v) is 8.73. The lowest BCUT2D eigenvalue weighted by atomic mass is 9.67. The summed E-state index contributed by atoms with van der Waals surface area (Å²) < 4.78 is 0. The van der Waals surface area contributed by atoms with Crippen LogP contribution in [0.4, 0.5) is 0 Å². The molecule has 0 fully saturated rings. The minimum absolute atomic E-state index is 0.000139. The van der Waals surface area contributed by atoms with E-state index < -0.39 is 11.5 Å². The number of hydrogen-bond donors (Lipinski definition) is 2. The van der Waals surface area contributed by atoms with Gasteiger partial charge in [0, 0.05) is 5.41 Å². The molecule has 2 atom stereocenters. The van der Waals surface area contributed by atoms with Crippen molar-refractivity contribution in [3.63, 3.8) is 0 Å². The van der Waals surface area contributed by atoms with Gasteiger partial charge in [-0.15, -0.1) is 0 Å². The van der Waals surface area contributed by atoms with Crippen LogP contribution in [0.5, 0.6) is 0 Å². The van der Waals surface area contributed by atoms with Crippen LogP contribution in [-0.4, -0.2) is 23.1 Å². The molecule has 3 nitrogen and oxygen atoms in total. The van der Waals surface area contributed by atoms with Crippen LogP contribution in [0.25, 0.3) is 0 Å². The van der Waals surface area contributed by atoms with Crippen molar-refractivity contribution in [1.82, 2.24) is 0 Å². The first-order chi connectivity index (χ1) is 6.58. The third-order valence-electron chi connectivity index (χ3n) is 3.17. The highest BCUT2D eigenvalue weighted by atomic mass is 17.1. The van der Waals surface area contributed by atoms with Gasteiger partial charge in [0.15, 0.2) is 0 Å². The molecule has 0 aromatic heterocycles. The summed E-state index contributed by atoms with van der Waals surface area (Å²) in [7, 11) is 0. The zero-order valence-electron chi connectivity index (χ0n) is 8.73. The van der Waals surface area contributed by atoms with Gasteiger partial charge >= 0.3 is 0 Å². The van der Waals surface area contributed by atoms with E-state index in [0.29, 0.717) is 6.42 Å². The van der Waals surface area contributed by atoms with E-state index >= 15 is 0 Å². The Morgan fingerprint density at radius 3 is 2.79 bits per heavy atom. The van der Waals surface area contributed by atoms with Crippen LogP contribution in [-0.2, 0) is 4.89 Å². The summed E-state index contributed by atoms with van der Waals surface area (Å²) in [6, 6.07) is 0. The molecule has 1 aliphatic rings. The van der Waals surface area contributed by atoms with Gasteiger partial charge < -0.3 is 5.11 Å². The molecule has 3 heteroatoms. The van der Waals surface area contributed by atoms with Gasteiger partial charge in [-0.2, -0.15) is 0 Å². The standard InChI is InChI=1S/C11H18O3/c1-8(2)11(7-12)6-4-5-10(14-13)9(11)3/h4,6,8,10,12-13H,3,5,7H2,1-2H3/t10-,11+/m1/s1. The molecule has 1 rings (SSSR count). The van der Waals surface area contributed by atoms with Crippen LogP contribution in [0.2, 0.25) is 0 Å². The normalized spacial score (nSPS) is 32.6. The first-order valence-corrected chi connectivity index (χ1v) is 4.86. The molecule has 0 saturated carbocycles. The van der Waals surface area contributed by atoms with E-state index in [1.165, 1.54) is 0 Å². The Kier molecular flexibility index (Phi) is 3.48. The van der Waals surface area contributed by atoms with Gasteiger partial charge in [-0.3, -0.25) is 5.26 Å². The van der Waals surface area contributed by atoms with Gasteiger partial charge in [0.1, 0.15) is 6.10 Å². The Morgan fingerprint density at radius 1 is 1.71 bits per heavy atom. The van der Waals surface area contributed by atoms with Crippen molar-refractivity contribution in [3.8, 4) is 0 Å². The van der Waals surface area contributed by atoms with Crippen LogP contribution < -0.4 is 0 Å². The molecule has 0 heterocycles. The fourth-order valence-corrected chi connectivity index (χ4v) is 1.96. The van der Waals surface area contributed by atoms with Gasteiger partial charge in [0.25, 0.3) is 0 Å². The molecule has 2 N–H and O–H groups in total. The van der Waals surface area contributed by atoms with Crippen molar-refractivity contribution in [2.75, 3.05) is 6.61 Å². The first kappa shape index (κ1) is 11.4. The van der Waals surface area contributed by atoms with Gasteiger partial charge in [0.2, 0.25) is 0 Å². The van der Waals surface area contributed by atoms with Gasteiger partial charge in [-0.05, 0) is 17.9 Å². The Bertz CT molecular complexity index is 245. The fraction of sp³-hybridized carbons (Fsp3) is 0.636. The molecular formula is C11H18O3. The highest BCUT2D eigenvalue weighted by Crippen LogP contribution is 2.42. The summed E-state index contributed by atoms with van der Waals surface area (Å²) in [6.07, 6.45) is 4.11. The largest absolute Gasteiger partial charge is 0.395 e. The molecule has 0 radical (unpaired) electrons. The van der Waals surface area contributed by atoms with Crippen LogP contribution in [0, 0.1) is 11.3 Å². The summed E-state index contributed by atoms with van der Waals surface area (Å²) in [5, 5.41) is 18.1. The van der Waals surface area contributed by atoms with Crippen molar-refractivity contribution in [2.24, 2.45) is 11.3 Å². The van der Waals surface area contributed by atoms with Gasteiger partial charge in [-0.25, -0.2) is 4.89 Å². The molecule has 0 amide bonds. The number of aliphatic hydroxyl groups is 1. The van der Waals surface area contributed by atoms with Crippen LogP contribution in [0.15, 0.2) is 24.3 Å². The Balaban J connectivity index is 3.01. The van der Waals surface area contributed by atoms with E-state index in [1.807, 2.05) is 26.0 Å². The second-order valence-corrected chi connectivity index (χ2v) is 4.11. The fourth-order valence-electron chi connectivity index (χ4n) is 1.96. The third kappa shape index (κ3) is 1.63. The molecule has 0 aromatic rings. The molecule has 0 spiro atoms. The first-order valence-electron chi connectivity index (χ1n) is 4.86. The Labute approximate surface area is 84.6 Å². The lowest BCUT2D eigenvalue weighted by Gasteiger charge is -2.40. The van der Waals surface area contributed by atoms with Crippen molar-refractivity contribution in [3.05, 3.63) is 24.3 Å². The van der Waals surface area contributed by atoms with E-state index in [1.54, 1.807) is 0 Å². The highest BCUT2D eigenvalue weighted by molar-refractivity contribution is 5.29. The quantitative estimate of drug-likeness (QED) is 0.414. The van der Waals surface area contributed by atoms with E-state index in [4.69, 9.17) is 5.26 Å². The lowest BCUT2D eigenvalue weighted by Crippen LogP contribution is -2.39. The summed E-state index contributed by atoms with van der Waals surface area (Å²) in [5.41, 5.74) is 0.297. The van der Waals surface area contributed by atoms with Crippen molar-refractivity contribution in [2.45, 2.75) is 26.4 Å². The maximum Gasteiger partial charge on any atom is 0.118 e. The number of rotatable bonds is 3. The molecule has 0 aliphatic heterocycles. The van der Waals surface area contributed by atoms with Crippen LogP contribution >= 0.6 is 0 Å². The Morgan fingerprint density at radius 2 is 2.36 bits per heavy atom. The number of hydrogen-bond acceptors (Lipinski definition) is 3. The van der Waals surface area contributed by atoms with Crippen molar-refractivity contribution < 1.29 is 15.3 Å². The van der Waals surface area contributed by atoms with Crippen molar-refractivity contribution in [1.29, 1.82) is 0 Å². The van der Waals surface area contributed by atoms with E-state index in [2.05, 4.69) is 11.5 Å². The summed E-state index contributed by atoms with van der Waals surface area (Å²) >= 11 is 0. The molecule has 1 aliphatic carbocycles. The van der Waals surface area contributed by atoms with E-state index in [-0.39, 0.29) is 12.5 Å². The summed E-state index contributed by atoms with van der Waals surface area (Å²) in [4.78, 5) is 4.35. The highest BCUT2D eigenvalue weighted by Gasteiger charge is 2.39. The minimum atomic E-state index is -0.453. The SMILES string of the molecule is C=C1[C@H](OO)CC=C[C@]1(CO)C(C)C. The van der Waals surface area contributed by atoms with Crippen LogP contribution in [0.1, 0.15) is 20.3 Å². The molecule has 0 saturated heterocycles. The molecule has 0 aromatic carbocycles. The monoisotopic (exact) mass is 198 g/mol. The predicted molar refractivity (Wildman–Crippen MR) is 54.8 cm³/mol. The van der Waals surface area contributed by atoms with Gasteiger partial charge in [0.05, 0.1) is 6.61 Å². The average molecular weight is 198 g/mol. The summed E-state index contributed by atoms with van der Waals surface area (Å²) in [6.45, 7) is 7.95. The van der Waals surface area contributed by atoms with E-state index in [0.717, 1.165) is 5.57 Å². The molecule has 0 bridgehead atoms. The molecule has 14 heavy (non-hydrogen) atoms. The molecule has 0 unspecified atom stereocenters. The predicted octanol–water partition coefficient (Wildman–Crippen LogP) is 2.00. The third-order valence-corrected chi connectivity index (χ3v) is 3.17. The minimum Gasteiger partial charge on any atom is -0.395 e. The zero-order chi connectivity index (χ0) is 10.8. The second kappa shape index (κ2) is 4.26. The average Bonchev–Trinajstić information content (AvgIpc) is 2.18. The van der Waals surface area contributed by atoms with Crippen molar-refractivity contribution >= 4 is 0 Å². The number of aliphatic hydroxyl groups excluding tert-OH is 1. The molecular weight excluding hydrogens is 180 g/mol. The topological polar surface area (TPSA) is 49.7 Å². The molecule has 80 valence electrons. The van der Waals surface area contributed by atoms with Gasteiger partial charge in [-0.1, -0.05) is 32.6 Å². The summed E-state index contributed by atoms with van der Waals surface area (Å²) in [5.74, 6) is 0.231. The second-order valence-electron chi connectivity index (χ2n) is 4.11. The maximum absolute atomic E-state index is 9.45. The Hall–Kier alpha value is -0.640. The van der Waals surface area contributed by atoms with E-state index in [9.17, 15) is 5.11 Å². The maximum atomic E-state index is 9.45. The lowest BCUT2D eigenvalue weighted by molar-refractivity contribution is -0.271. The smallest absolute Gasteiger partial charge is 0.118 e.